The maximum absolute atomic E-state index is 11.6. The number of likely N-dealkylation sites (N-methyl/N-ethyl adjacent to an activating group) is 1. The van der Waals surface area contributed by atoms with Gasteiger partial charge in [-0.15, -0.1) is 0 Å². The maximum Gasteiger partial charge on any atom is 0.274 e. The summed E-state index contributed by atoms with van der Waals surface area (Å²) >= 11 is 0. The molecule has 0 saturated heterocycles. The second-order valence-electron chi connectivity index (χ2n) is 3.58. The van der Waals surface area contributed by atoms with Gasteiger partial charge in [0, 0.05) is 20.3 Å². The van der Waals surface area contributed by atoms with Crippen molar-refractivity contribution >= 4 is 11.6 Å². The Bertz CT molecular complexity index is 423. The molecule has 0 fully saturated rings. The van der Waals surface area contributed by atoms with Gasteiger partial charge in [0.15, 0.2) is 0 Å². The SMILES string of the molecule is C[C@@H](C(=O)N(C)C)n1cccc(N)c1=O. The van der Waals surface area contributed by atoms with Crippen molar-refractivity contribution in [2.75, 3.05) is 19.8 Å². The molecule has 82 valence electrons. The number of pyridine rings is 1. The Hall–Kier alpha value is -1.78. The van der Waals surface area contributed by atoms with Gasteiger partial charge in [0.25, 0.3) is 5.56 Å². The molecule has 5 heteroatoms. The van der Waals surface area contributed by atoms with Gasteiger partial charge in [-0.05, 0) is 19.1 Å². The molecule has 1 atom stereocenters. The quantitative estimate of drug-likeness (QED) is 0.750. The van der Waals surface area contributed by atoms with Crippen molar-refractivity contribution in [2.24, 2.45) is 0 Å². The van der Waals surface area contributed by atoms with Gasteiger partial charge in [-0.1, -0.05) is 0 Å². The molecular weight excluding hydrogens is 194 g/mol. The highest BCUT2D eigenvalue weighted by Gasteiger charge is 2.17. The lowest BCUT2D eigenvalue weighted by Gasteiger charge is -2.18. The van der Waals surface area contributed by atoms with Crippen LogP contribution in [0, 0.1) is 0 Å². The first-order chi connectivity index (χ1) is 6.95. The molecule has 1 rings (SSSR count). The van der Waals surface area contributed by atoms with E-state index in [9.17, 15) is 9.59 Å². The predicted molar refractivity (Wildman–Crippen MR) is 58.5 cm³/mol. The smallest absolute Gasteiger partial charge is 0.274 e. The van der Waals surface area contributed by atoms with Gasteiger partial charge in [-0.2, -0.15) is 0 Å². The minimum Gasteiger partial charge on any atom is -0.394 e. The molecule has 0 bridgehead atoms. The largest absolute Gasteiger partial charge is 0.394 e. The first kappa shape index (κ1) is 11.3. The van der Waals surface area contributed by atoms with Gasteiger partial charge < -0.3 is 15.2 Å². The molecule has 2 N–H and O–H groups in total. The Balaban J connectivity index is 3.12. The van der Waals surface area contributed by atoms with E-state index in [2.05, 4.69) is 0 Å². The Kier molecular flexibility index (Phi) is 3.14. The molecule has 0 radical (unpaired) electrons. The number of rotatable bonds is 2. The number of carbonyl (C=O) groups excluding carboxylic acids is 1. The van der Waals surface area contributed by atoms with Crippen molar-refractivity contribution < 1.29 is 4.79 Å². The third kappa shape index (κ3) is 2.18. The highest BCUT2D eigenvalue weighted by Crippen LogP contribution is 2.06. The van der Waals surface area contributed by atoms with Crippen LogP contribution in [0.15, 0.2) is 23.1 Å². The van der Waals surface area contributed by atoms with Crippen molar-refractivity contribution in [1.82, 2.24) is 9.47 Å². The van der Waals surface area contributed by atoms with E-state index in [0.29, 0.717) is 0 Å². The lowest BCUT2D eigenvalue weighted by atomic mass is 10.2. The molecule has 5 nitrogen and oxygen atoms in total. The third-order valence-electron chi connectivity index (χ3n) is 2.22. The zero-order valence-electron chi connectivity index (χ0n) is 9.10. The molecule has 0 saturated carbocycles. The van der Waals surface area contributed by atoms with E-state index in [4.69, 9.17) is 5.73 Å². The van der Waals surface area contributed by atoms with Gasteiger partial charge in [0.05, 0.1) is 5.69 Å². The fraction of sp³-hybridized carbons (Fsp3) is 0.400. The van der Waals surface area contributed by atoms with Gasteiger partial charge in [-0.25, -0.2) is 0 Å². The number of nitrogens with zero attached hydrogens (tertiary/aromatic N) is 2. The molecule has 0 spiro atoms. The van der Waals surface area contributed by atoms with E-state index in [1.54, 1.807) is 33.3 Å². The maximum atomic E-state index is 11.6. The van der Waals surface area contributed by atoms with E-state index in [1.807, 2.05) is 0 Å². The number of aromatic nitrogens is 1. The fourth-order valence-electron chi connectivity index (χ4n) is 1.33. The summed E-state index contributed by atoms with van der Waals surface area (Å²) in [6, 6.07) is 2.64. The van der Waals surface area contributed by atoms with E-state index in [0.717, 1.165) is 0 Å². The van der Waals surface area contributed by atoms with Crippen LogP contribution >= 0.6 is 0 Å². The first-order valence-corrected chi connectivity index (χ1v) is 4.63. The number of nitrogen functional groups attached to an aromatic ring is 1. The van der Waals surface area contributed by atoms with Gasteiger partial charge in [0.2, 0.25) is 5.91 Å². The molecule has 0 aromatic carbocycles. The minimum atomic E-state index is -0.531. The monoisotopic (exact) mass is 209 g/mol. The standard InChI is InChI=1S/C10H15N3O2/c1-7(9(14)12(2)3)13-6-4-5-8(11)10(13)15/h4-7H,11H2,1-3H3/t7-/m0/s1. The van der Waals surface area contributed by atoms with Crippen LogP contribution in [0.5, 0.6) is 0 Å². The zero-order chi connectivity index (χ0) is 11.6. The molecule has 1 aromatic heterocycles. The molecule has 15 heavy (non-hydrogen) atoms. The van der Waals surface area contributed by atoms with Crippen LogP contribution in [0.3, 0.4) is 0 Å². The molecule has 0 aliphatic carbocycles. The highest BCUT2D eigenvalue weighted by molar-refractivity contribution is 5.79. The third-order valence-corrected chi connectivity index (χ3v) is 2.22. The average molecular weight is 209 g/mol. The van der Waals surface area contributed by atoms with Crippen LogP contribution in [0.4, 0.5) is 5.69 Å². The Morgan fingerprint density at radius 2 is 2.13 bits per heavy atom. The second-order valence-corrected chi connectivity index (χ2v) is 3.58. The Morgan fingerprint density at radius 3 is 2.67 bits per heavy atom. The van der Waals surface area contributed by atoms with Crippen molar-refractivity contribution in [2.45, 2.75) is 13.0 Å². The summed E-state index contributed by atoms with van der Waals surface area (Å²) in [5, 5.41) is 0. The van der Waals surface area contributed by atoms with Crippen molar-refractivity contribution in [1.29, 1.82) is 0 Å². The summed E-state index contributed by atoms with van der Waals surface area (Å²) in [6.07, 6.45) is 1.56. The molecule has 0 aliphatic rings. The zero-order valence-corrected chi connectivity index (χ0v) is 9.10. The van der Waals surface area contributed by atoms with Gasteiger partial charge in [-0.3, -0.25) is 9.59 Å². The number of nitrogens with two attached hydrogens (primary N) is 1. The van der Waals surface area contributed by atoms with Crippen LogP contribution in [0.25, 0.3) is 0 Å². The van der Waals surface area contributed by atoms with Crippen LogP contribution in [0.2, 0.25) is 0 Å². The van der Waals surface area contributed by atoms with E-state index < -0.39 is 6.04 Å². The minimum absolute atomic E-state index is 0.136. The lowest BCUT2D eigenvalue weighted by molar-refractivity contribution is -0.131. The second kappa shape index (κ2) is 4.16. The Labute approximate surface area is 88.1 Å². The van der Waals surface area contributed by atoms with Gasteiger partial charge >= 0.3 is 0 Å². The summed E-state index contributed by atoms with van der Waals surface area (Å²) in [7, 11) is 3.30. The number of hydrogen-bond donors (Lipinski definition) is 1. The summed E-state index contributed by atoms with van der Waals surface area (Å²) in [5.74, 6) is -0.136. The van der Waals surface area contributed by atoms with Crippen LogP contribution in [-0.4, -0.2) is 29.5 Å². The van der Waals surface area contributed by atoms with E-state index in [-0.39, 0.29) is 17.2 Å². The lowest BCUT2D eigenvalue weighted by Crippen LogP contribution is -2.35. The predicted octanol–water partition coefficient (Wildman–Crippen LogP) is 0.0797. The van der Waals surface area contributed by atoms with E-state index >= 15 is 0 Å². The molecule has 0 aliphatic heterocycles. The number of hydrogen-bond acceptors (Lipinski definition) is 3. The van der Waals surface area contributed by atoms with E-state index in [1.165, 1.54) is 15.5 Å². The Morgan fingerprint density at radius 1 is 1.53 bits per heavy atom. The number of anilines is 1. The van der Waals surface area contributed by atoms with Crippen molar-refractivity contribution in [3.05, 3.63) is 28.7 Å². The summed E-state index contributed by atoms with van der Waals surface area (Å²) in [4.78, 5) is 24.7. The topological polar surface area (TPSA) is 68.3 Å². The molecule has 1 heterocycles. The molecule has 0 unspecified atom stereocenters. The average Bonchev–Trinajstić information content (AvgIpc) is 2.20. The molecular formula is C10H15N3O2. The number of carbonyl (C=O) groups is 1. The molecule has 1 amide bonds. The first-order valence-electron chi connectivity index (χ1n) is 4.63. The van der Waals surface area contributed by atoms with Crippen molar-refractivity contribution in [3.8, 4) is 0 Å². The van der Waals surface area contributed by atoms with Crippen LogP contribution in [-0.2, 0) is 4.79 Å². The molecule has 1 aromatic rings. The number of amides is 1. The summed E-state index contributed by atoms with van der Waals surface area (Å²) in [6.45, 7) is 1.67. The van der Waals surface area contributed by atoms with Crippen LogP contribution in [0.1, 0.15) is 13.0 Å². The highest BCUT2D eigenvalue weighted by atomic mass is 16.2. The summed E-state index contributed by atoms with van der Waals surface area (Å²) in [5.41, 5.74) is 5.29. The van der Waals surface area contributed by atoms with Gasteiger partial charge in [0.1, 0.15) is 6.04 Å². The van der Waals surface area contributed by atoms with Crippen molar-refractivity contribution in [3.63, 3.8) is 0 Å². The normalized spacial score (nSPS) is 12.2. The van der Waals surface area contributed by atoms with Crippen LogP contribution < -0.4 is 11.3 Å². The fourth-order valence-corrected chi connectivity index (χ4v) is 1.33. The summed E-state index contributed by atoms with van der Waals surface area (Å²) < 4.78 is 1.33.